The van der Waals surface area contributed by atoms with E-state index < -0.39 is 0 Å². The van der Waals surface area contributed by atoms with Gasteiger partial charge in [0.15, 0.2) is 0 Å². The summed E-state index contributed by atoms with van der Waals surface area (Å²) in [6.07, 6.45) is 0. The van der Waals surface area contributed by atoms with Crippen LogP contribution in [0.1, 0.15) is 11.1 Å². The predicted octanol–water partition coefficient (Wildman–Crippen LogP) is 2.92. The second-order valence-electron chi connectivity index (χ2n) is 4.33. The van der Waals surface area contributed by atoms with Gasteiger partial charge in [0, 0.05) is 24.8 Å². The van der Waals surface area contributed by atoms with Gasteiger partial charge in [0.1, 0.15) is 11.9 Å². The quantitative estimate of drug-likeness (QED) is 0.858. The van der Waals surface area contributed by atoms with Gasteiger partial charge in [0.05, 0.1) is 11.3 Å². The lowest BCUT2D eigenvalue weighted by Crippen LogP contribution is -2.17. The number of rotatable bonds is 3. The molecule has 0 saturated heterocycles. The Kier molecular flexibility index (Phi) is 3.67. The first-order valence-electron chi connectivity index (χ1n) is 5.86. The zero-order valence-corrected chi connectivity index (χ0v) is 10.6. The predicted molar refractivity (Wildman–Crippen MR) is 74.1 cm³/mol. The summed E-state index contributed by atoms with van der Waals surface area (Å²) in [6.45, 7) is 0.442. The van der Waals surface area contributed by atoms with Gasteiger partial charge in [0.25, 0.3) is 0 Å². The first kappa shape index (κ1) is 12.9. The molecule has 0 heterocycles. The van der Waals surface area contributed by atoms with Crippen molar-refractivity contribution < 1.29 is 4.39 Å². The molecule has 2 N–H and O–H groups in total. The molecule has 0 radical (unpaired) electrons. The number of nitriles is 1. The summed E-state index contributed by atoms with van der Waals surface area (Å²) in [5.41, 5.74) is 8.11. The van der Waals surface area contributed by atoms with Gasteiger partial charge in [0.2, 0.25) is 0 Å². The average Bonchev–Trinajstić information content (AvgIpc) is 2.41. The number of benzene rings is 2. The van der Waals surface area contributed by atoms with Crippen LogP contribution >= 0.6 is 0 Å². The highest BCUT2D eigenvalue weighted by atomic mass is 19.1. The second-order valence-corrected chi connectivity index (χ2v) is 4.33. The number of anilines is 2. The molecule has 0 amide bonds. The van der Waals surface area contributed by atoms with Crippen molar-refractivity contribution in [1.29, 1.82) is 5.26 Å². The maximum Gasteiger partial charge on any atom is 0.128 e. The lowest BCUT2D eigenvalue weighted by molar-refractivity contribution is 0.608. The molecule has 2 aromatic carbocycles. The van der Waals surface area contributed by atoms with Crippen LogP contribution < -0.4 is 10.6 Å². The van der Waals surface area contributed by atoms with Crippen LogP contribution in [0.15, 0.2) is 42.5 Å². The minimum Gasteiger partial charge on any atom is -0.398 e. The van der Waals surface area contributed by atoms with Crippen molar-refractivity contribution >= 4 is 11.4 Å². The van der Waals surface area contributed by atoms with E-state index in [1.54, 1.807) is 36.4 Å². The lowest BCUT2D eigenvalue weighted by Gasteiger charge is -2.20. The summed E-state index contributed by atoms with van der Waals surface area (Å²) in [5.74, 6) is -0.226. The van der Waals surface area contributed by atoms with Crippen LogP contribution in [0.4, 0.5) is 15.8 Å². The number of nitrogens with two attached hydrogens (primary N) is 1. The highest BCUT2D eigenvalue weighted by Crippen LogP contribution is 2.22. The Morgan fingerprint density at radius 1 is 1.26 bits per heavy atom. The van der Waals surface area contributed by atoms with Crippen LogP contribution in [0.3, 0.4) is 0 Å². The van der Waals surface area contributed by atoms with Crippen molar-refractivity contribution in [2.45, 2.75) is 6.54 Å². The zero-order chi connectivity index (χ0) is 13.8. The summed E-state index contributed by atoms with van der Waals surface area (Å²) in [7, 11) is 1.85. The first-order chi connectivity index (χ1) is 9.11. The highest BCUT2D eigenvalue weighted by Gasteiger charge is 2.07. The topological polar surface area (TPSA) is 53.0 Å². The van der Waals surface area contributed by atoms with Crippen molar-refractivity contribution in [3.8, 4) is 6.07 Å². The summed E-state index contributed by atoms with van der Waals surface area (Å²) in [6, 6.07) is 13.9. The van der Waals surface area contributed by atoms with Gasteiger partial charge >= 0.3 is 0 Å². The summed E-state index contributed by atoms with van der Waals surface area (Å²) < 4.78 is 13.6. The molecule has 0 aliphatic rings. The van der Waals surface area contributed by atoms with E-state index in [1.165, 1.54) is 6.07 Å². The van der Waals surface area contributed by atoms with E-state index in [0.717, 1.165) is 5.69 Å². The number of hydrogen-bond acceptors (Lipinski definition) is 3. The Balaban J connectivity index is 2.21. The molecule has 0 fully saturated rings. The van der Waals surface area contributed by atoms with Gasteiger partial charge in [-0.2, -0.15) is 5.26 Å². The van der Waals surface area contributed by atoms with Gasteiger partial charge in [-0.1, -0.05) is 18.2 Å². The van der Waals surface area contributed by atoms with Crippen molar-refractivity contribution in [1.82, 2.24) is 0 Å². The Bertz CT molecular complexity index is 632. The first-order valence-corrected chi connectivity index (χ1v) is 5.86. The molecule has 0 unspecified atom stereocenters. The van der Waals surface area contributed by atoms with Gasteiger partial charge in [-0.05, 0) is 24.3 Å². The number of nitrogens with zero attached hydrogens (tertiary/aromatic N) is 2. The molecule has 0 aliphatic heterocycles. The van der Waals surface area contributed by atoms with E-state index in [0.29, 0.717) is 23.4 Å². The minimum absolute atomic E-state index is 0.226. The molecule has 0 saturated carbocycles. The third kappa shape index (κ3) is 2.83. The number of nitrogen functional groups attached to an aromatic ring is 1. The summed E-state index contributed by atoms with van der Waals surface area (Å²) in [5, 5.41) is 8.83. The molecule has 0 aromatic heterocycles. The molecule has 0 aliphatic carbocycles. The fourth-order valence-electron chi connectivity index (χ4n) is 1.86. The van der Waals surface area contributed by atoms with Crippen molar-refractivity contribution in [3.05, 3.63) is 59.4 Å². The third-order valence-electron chi connectivity index (χ3n) is 2.96. The molecule has 0 spiro atoms. The third-order valence-corrected chi connectivity index (χ3v) is 2.96. The maximum atomic E-state index is 13.6. The largest absolute Gasteiger partial charge is 0.398 e. The Morgan fingerprint density at radius 3 is 2.63 bits per heavy atom. The smallest absolute Gasteiger partial charge is 0.128 e. The van der Waals surface area contributed by atoms with Gasteiger partial charge in [-0.3, -0.25) is 0 Å². The van der Waals surface area contributed by atoms with Crippen LogP contribution in [0.25, 0.3) is 0 Å². The zero-order valence-electron chi connectivity index (χ0n) is 10.6. The molecule has 4 heteroatoms. The fourth-order valence-corrected chi connectivity index (χ4v) is 1.86. The second kappa shape index (κ2) is 5.40. The Hall–Kier alpha value is -2.54. The molecule has 0 atom stereocenters. The van der Waals surface area contributed by atoms with E-state index in [9.17, 15) is 4.39 Å². The van der Waals surface area contributed by atoms with E-state index in [1.807, 2.05) is 18.0 Å². The molecule has 2 aromatic rings. The normalized spacial score (nSPS) is 9.95. The summed E-state index contributed by atoms with van der Waals surface area (Å²) in [4.78, 5) is 1.88. The van der Waals surface area contributed by atoms with E-state index in [2.05, 4.69) is 0 Å². The Morgan fingerprint density at radius 2 is 2.00 bits per heavy atom. The van der Waals surface area contributed by atoms with Gasteiger partial charge < -0.3 is 10.6 Å². The molecular formula is C15H14FN3. The van der Waals surface area contributed by atoms with Crippen LogP contribution in [-0.4, -0.2) is 7.05 Å². The number of halogens is 1. The molecule has 2 rings (SSSR count). The van der Waals surface area contributed by atoms with Gasteiger partial charge in [-0.15, -0.1) is 0 Å². The average molecular weight is 255 g/mol. The SMILES string of the molecule is CN(Cc1ccccc1F)c1ccc(C#N)c(N)c1. The minimum atomic E-state index is -0.226. The van der Waals surface area contributed by atoms with Crippen LogP contribution in [0.2, 0.25) is 0 Å². The molecule has 0 bridgehead atoms. The number of hydrogen-bond donors (Lipinski definition) is 1. The van der Waals surface area contributed by atoms with Crippen molar-refractivity contribution in [2.24, 2.45) is 0 Å². The fraction of sp³-hybridized carbons (Fsp3) is 0.133. The van der Waals surface area contributed by atoms with Crippen LogP contribution in [0, 0.1) is 17.1 Å². The van der Waals surface area contributed by atoms with E-state index >= 15 is 0 Å². The molecular weight excluding hydrogens is 241 g/mol. The maximum absolute atomic E-state index is 13.6. The van der Waals surface area contributed by atoms with Gasteiger partial charge in [-0.25, -0.2) is 4.39 Å². The van der Waals surface area contributed by atoms with E-state index in [4.69, 9.17) is 11.0 Å². The summed E-state index contributed by atoms with van der Waals surface area (Å²) >= 11 is 0. The Labute approximate surface area is 111 Å². The van der Waals surface area contributed by atoms with Crippen LogP contribution in [-0.2, 0) is 6.54 Å². The van der Waals surface area contributed by atoms with Crippen molar-refractivity contribution in [3.63, 3.8) is 0 Å². The monoisotopic (exact) mass is 255 g/mol. The molecule has 19 heavy (non-hydrogen) atoms. The lowest BCUT2D eigenvalue weighted by atomic mass is 10.1. The van der Waals surface area contributed by atoms with Crippen LogP contribution in [0.5, 0.6) is 0 Å². The van der Waals surface area contributed by atoms with Crippen molar-refractivity contribution in [2.75, 3.05) is 17.7 Å². The molecule has 3 nitrogen and oxygen atoms in total. The molecule has 96 valence electrons. The standard InChI is InChI=1S/C15H14FN3/c1-19(10-12-4-2-3-5-14(12)16)13-7-6-11(9-17)15(18)8-13/h2-8H,10,18H2,1H3. The van der Waals surface area contributed by atoms with E-state index in [-0.39, 0.29) is 5.82 Å². The highest BCUT2D eigenvalue weighted by molar-refractivity contribution is 5.63.